The third-order valence-electron chi connectivity index (χ3n) is 5.39. The van der Waals surface area contributed by atoms with Crippen LogP contribution in [0.3, 0.4) is 0 Å². The minimum atomic E-state index is -0.223. The highest BCUT2D eigenvalue weighted by Gasteiger charge is 2.32. The lowest BCUT2D eigenvalue weighted by Crippen LogP contribution is -2.58. The normalized spacial score (nSPS) is 19.5. The first-order valence-electron chi connectivity index (χ1n) is 10.6. The smallest absolute Gasteiger partial charge is 0.260 e. The summed E-state index contributed by atoms with van der Waals surface area (Å²) in [5, 5.41) is 0. The van der Waals surface area contributed by atoms with Gasteiger partial charge >= 0.3 is 0 Å². The Kier molecular flexibility index (Phi) is 7.69. The first-order valence-corrected chi connectivity index (χ1v) is 10.6. The Bertz CT molecular complexity index is 810. The van der Waals surface area contributed by atoms with E-state index in [2.05, 4.69) is 25.7 Å². The summed E-state index contributed by atoms with van der Waals surface area (Å²) in [6, 6.07) is 14.3. The van der Waals surface area contributed by atoms with Crippen molar-refractivity contribution in [2.75, 3.05) is 26.3 Å². The highest BCUT2D eigenvalue weighted by Crippen LogP contribution is 2.20. The van der Waals surface area contributed by atoms with Crippen LogP contribution in [0.1, 0.15) is 32.8 Å². The number of nitrogens with zero attached hydrogens (tertiary/aromatic N) is 2. The number of carbonyl (C=O) groups is 1. The van der Waals surface area contributed by atoms with Gasteiger partial charge in [0, 0.05) is 31.7 Å². The van der Waals surface area contributed by atoms with Gasteiger partial charge < -0.3 is 14.4 Å². The number of carbonyl (C=O) groups excluding carboxylic acids is 1. The van der Waals surface area contributed by atoms with Crippen LogP contribution in [0.5, 0.6) is 11.5 Å². The van der Waals surface area contributed by atoms with Gasteiger partial charge in [0.2, 0.25) is 0 Å². The molecule has 0 N–H and O–H groups in total. The second-order valence-electron chi connectivity index (χ2n) is 7.91. The van der Waals surface area contributed by atoms with Crippen LogP contribution >= 0.6 is 0 Å². The van der Waals surface area contributed by atoms with E-state index in [9.17, 15) is 9.18 Å². The zero-order chi connectivity index (χ0) is 21.5. The van der Waals surface area contributed by atoms with Crippen LogP contribution in [-0.2, 0) is 11.3 Å². The molecule has 0 radical (unpaired) electrons. The summed E-state index contributed by atoms with van der Waals surface area (Å²) in [6.45, 7) is 9.10. The zero-order valence-electron chi connectivity index (χ0n) is 18.0. The predicted octanol–water partition coefficient (Wildman–Crippen LogP) is 4.11. The molecule has 0 aliphatic carbocycles. The molecule has 1 aliphatic heterocycles. The zero-order valence-corrected chi connectivity index (χ0v) is 18.0. The van der Waals surface area contributed by atoms with Gasteiger partial charge in [0.25, 0.3) is 5.91 Å². The summed E-state index contributed by atoms with van der Waals surface area (Å²) in [7, 11) is 0. The van der Waals surface area contributed by atoms with Crippen LogP contribution in [-0.4, -0.2) is 54.1 Å². The number of benzene rings is 2. The van der Waals surface area contributed by atoms with Gasteiger partial charge in [-0.05, 0) is 62.2 Å². The number of hydrogen-bond acceptors (Lipinski definition) is 4. The third kappa shape index (κ3) is 5.95. The van der Waals surface area contributed by atoms with Crippen molar-refractivity contribution in [2.45, 2.75) is 45.8 Å². The summed E-state index contributed by atoms with van der Waals surface area (Å²) >= 11 is 0. The van der Waals surface area contributed by atoms with E-state index in [1.165, 1.54) is 12.1 Å². The molecule has 2 aromatic carbocycles. The molecule has 5 nitrogen and oxygen atoms in total. The van der Waals surface area contributed by atoms with Crippen molar-refractivity contribution >= 4 is 5.91 Å². The molecule has 1 saturated heterocycles. The van der Waals surface area contributed by atoms with Crippen molar-refractivity contribution in [3.05, 3.63) is 59.9 Å². The van der Waals surface area contributed by atoms with Crippen molar-refractivity contribution in [3.8, 4) is 11.5 Å². The lowest BCUT2D eigenvalue weighted by molar-refractivity contribution is -0.139. The molecular weight excluding hydrogens is 383 g/mol. The van der Waals surface area contributed by atoms with Gasteiger partial charge in [-0.3, -0.25) is 9.69 Å². The van der Waals surface area contributed by atoms with E-state index in [0.717, 1.165) is 30.8 Å². The highest BCUT2D eigenvalue weighted by atomic mass is 19.1. The molecule has 0 saturated carbocycles. The molecule has 0 unspecified atom stereocenters. The van der Waals surface area contributed by atoms with Gasteiger partial charge in [-0.1, -0.05) is 19.1 Å². The Hall–Kier alpha value is -2.60. The number of amides is 1. The second kappa shape index (κ2) is 10.4. The molecule has 1 aliphatic rings. The summed E-state index contributed by atoms with van der Waals surface area (Å²) in [5.41, 5.74) is 1.07. The maximum Gasteiger partial charge on any atom is 0.260 e. The third-order valence-corrected chi connectivity index (χ3v) is 5.39. The molecule has 0 aromatic heterocycles. The Morgan fingerprint density at radius 2 is 1.60 bits per heavy atom. The van der Waals surface area contributed by atoms with E-state index >= 15 is 0 Å². The fraction of sp³-hybridized carbons (Fsp3) is 0.458. The fourth-order valence-electron chi connectivity index (χ4n) is 3.67. The van der Waals surface area contributed by atoms with Crippen LogP contribution in [0.25, 0.3) is 0 Å². The number of piperazine rings is 1. The number of hydrogen-bond donors (Lipinski definition) is 0. The van der Waals surface area contributed by atoms with Crippen molar-refractivity contribution in [1.82, 2.24) is 9.80 Å². The second-order valence-corrected chi connectivity index (χ2v) is 7.91. The van der Waals surface area contributed by atoms with Crippen LogP contribution < -0.4 is 9.47 Å². The predicted molar refractivity (Wildman–Crippen MR) is 115 cm³/mol. The van der Waals surface area contributed by atoms with E-state index < -0.39 is 0 Å². The molecule has 30 heavy (non-hydrogen) atoms. The maximum absolute atomic E-state index is 13.1. The topological polar surface area (TPSA) is 42.0 Å². The lowest BCUT2D eigenvalue weighted by atomic mass is 10.1. The Balaban J connectivity index is 1.50. The minimum absolute atomic E-state index is 0.0120. The Labute approximate surface area is 178 Å². The molecule has 1 amide bonds. The van der Waals surface area contributed by atoms with E-state index in [1.807, 2.05) is 41.3 Å². The molecular formula is C24H31FN2O3. The Morgan fingerprint density at radius 3 is 2.23 bits per heavy atom. The first kappa shape index (κ1) is 22.1. The lowest BCUT2D eigenvalue weighted by Gasteiger charge is -2.44. The van der Waals surface area contributed by atoms with Crippen molar-refractivity contribution < 1.29 is 18.7 Å². The molecule has 1 fully saturated rings. The molecule has 3 rings (SSSR count). The quantitative estimate of drug-likeness (QED) is 0.652. The van der Waals surface area contributed by atoms with Gasteiger partial charge in [0.15, 0.2) is 6.61 Å². The maximum atomic E-state index is 13.1. The standard InChI is InChI=1S/C24H31FN2O3/c1-4-13-29-22-9-11-23(12-10-22)30-17-24(28)27-15-18(2)26(14-19(27)3)16-20-5-7-21(25)8-6-20/h5-12,18-19H,4,13-17H2,1-3H3/t18-,19+/m1/s1. The summed E-state index contributed by atoms with van der Waals surface area (Å²) in [4.78, 5) is 17.0. The van der Waals surface area contributed by atoms with Gasteiger partial charge in [-0.15, -0.1) is 0 Å². The average Bonchev–Trinajstić information content (AvgIpc) is 2.75. The van der Waals surface area contributed by atoms with Crippen molar-refractivity contribution in [3.63, 3.8) is 0 Å². The molecule has 162 valence electrons. The molecule has 1 heterocycles. The van der Waals surface area contributed by atoms with Gasteiger partial charge in [-0.2, -0.15) is 0 Å². The van der Waals surface area contributed by atoms with Crippen molar-refractivity contribution in [2.24, 2.45) is 0 Å². The van der Waals surface area contributed by atoms with E-state index in [1.54, 1.807) is 0 Å². The Morgan fingerprint density at radius 1 is 0.967 bits per heavy atom. The highest BCUT2D eigenvalue weighted by molar-refractivity contribution is 5.78. The van der Waals surface area contributed by atoms with Crippen LogP contribution in [0.4, 0.5) is 4.39 Å². The van der Waals surface area contributed by atoms with Gasteiger partial charge in [0.1, 0.15) is 17.3 Å². The fourth-order valence-corrected chi connectivity index (χ4v) is 3.67. The molecule has 0 bridgehead atoms. The largest absolute Gasteiger partial charge is 0.494 e. The monoisotopic (exact) mass is 414 g/mol. The molecule has 2 aromatic rings. The summed E-state index contributed by atoms with van der Waals surface area (Å²) < 4.78 is 24.4. The summed E-state index contributed by atoms with van der Waals surface area (Å²) in [6.07, 6.45) is 0.959. The van der Waals surface area contributed by atoms with Crippen LogP contribution in [0.2, 0.25) is 0 Å². The number of ether oxygens (including phenoxy) is 2. The van der Waals surface area contributed by atoms with E-state index in [-0.39, 0.29) is 30.4 Å². The first-order chi connectivity index (χ1) is 14.5. The SMILES string of the molecule is CCCOc1ccc(OCC(=O)N2C[C@@H](C)N(Cc3ccc(F)cc3)C[C@@H]2C)cc1. The van der Waals surface area contributed by atoms with E-state index in [4.69, 9.17) is 9.47 Å². The summed E-state index contributed by atoms with van der Waals surface area (Å²) in [5.74, 6) is 1.22. The van der Waals surface area contributed by atoms with Crippen molar-refractivity contribution in [1.29, 1.82) is 0 Å². The van der Waals surface area contributed by atoms with Gasteiger partial charge in [-0.25, -0.2) is 4.39 Å². The molecule has 2 atom stereocenters. The molecule has 6 heteroatoms. The van der Waals surface area contributed by atoms with Crippen LogP contribution in [0, 0.1) is 5.82 Å². The van der Waals surface area contributed by atoms with E-state index in [0.29, 0.717) is 18.9 Å². The molecule has 0 spiro atoms. The number of rotatable bonds is 8. The number of halogens is 1. The average molecular weight is 415 g/mol. The van der Waals surface area contributed by atoms with Gasteiger partial charge in [0.05, 0.1) is 6.61 Å². The van der Waals surface area contributed by atoms with Crippen LogP contribution in [0.15, 0.2) is 48.5 Å². The minimum Gasteiger partial charge on any atom is -0.494 e.